The number of thiophene rings is 1. The van der Waals surface area contributed by atoms with E-state index in [0.29, 0.717) is 0 Å². The summed E-state index contributed by atoms with van der Waals surface area (Å²) < 4.78 is 1.24. The molecule has 1 fully saturated rings. The molecule has 0 radical (unpaired) electrons. The van der Waals surface area contributed by atoms with Gasteiger partial charge in [-0.15, -0.1) is 11.3 Å². The third kappa shape index (κ3) is 4.31. The van der Waals surface area contributed by atoms with E-state index in [0.717, 1.165) is 13.1 Å². The van der Waals surface area contributed by atoms with Gasteiger partial charge in [0.2, 0.25) is 0 Å². The fourth-order valence-electron chi connectivity index (χ4n) is 2.13. The van der Waals surface area contributed by atoms with E-state index in [4.69, 9.17) is 0 Å². The first-order valence-electron chi connectivity index (χ1n) is 6.51. The Morgan fingerprint density at radius 3 is 2.67 bits per heavy atom. The van der Waals surface area contributed by atoms with E-state index >= 15 is 0 Å². The largest absolute Gasteiger partial charge is 0.311 e. The van der Waals surface area contributed by atoms with Gasteiger partial charge in [0.05, 0.1) is 0 Å². The molecule has 18 heavy (non-hydrogen) atoms. The van der Waals surface area contributed by atoms with E-state index < -0.39 is 0 Å². The maximum Gasteiger partial charge on any atom is 0.0314 e. The minimum absolute atomic E-state index is 0.991. The highest BCUT2D eigenvalue weighted by molar-refractivity contribution is 9.10. The fourth-order valence-corrected chi connectivity index (χ4v) is 3.70. The minimum atomic E-state index is 0.991. The number of hydrogen-bond acceptors (Lipinski definition) is 4. The highest BCUT2D eigenvalue weighted by Gasteiger charge is 2.12. The van der Waals surface area contributed by atoms with Gasteiger partial charge in [-0.3, -0.25) is 4.90 Å². The van der Waals surface area contributed by atoms with Gasteiger partial charge in [-0.25, -0.2) is 0 Å². The van der Waals surface area contributed by atoms with E-state index in [-0.39, 0.29) is 0 Å². The van der Waals surface area contributed by atoms with Crippen LogP contribution in [0, 0.1) is 6.92 Å². The van der Waals surface area contributed by atoms with Gasteiger partial charge in [-0.1, -0.05) is 0 Å². The lowest BCUT2D eigenvalue weighted by Crippen LogP contribution is -2.46. The van der Waals surface area contributed by atoms with E-state index in [1.165, 1.54) is 47.0 Å². The predicted molar refractivity (Wildman–Crippen MR) is 82.4 cm³/mol. The molecule has 1 saturated heterocycles. The Kier molecular flexibility index (Phi) is 5.63. The second kappa shape index (κ2) is 7.01. The Balaban J connectivity index is 1.61. The summed E-state index contributed by atoms with van der Waals surface area (Å²) in [6.07, 6.45) is 0. The molecule has 0 unspecified atom stereocenters. The number of nitrogens with one attached hydrogen (secondary N) is 1. The van der Waals surface area contributed by atoms with Crippen molar-refractivity contribution >= 4 is 27.3 Å². The monoisotopic (exact) mass is 331 g/mol. The summed E-state index contributed by atoms with van der Waals surface area (Å²) in [5, 5.41) is 3.54. The van der Waals surface area contributed by atoms with Gasteiger partial charge in [-0.2, -0.15) is 0 Å². The van der Waals surface area contributed by atoms with Crippen LogP contribution in [0.3, 0.4) is 0 Å². The number of aryl methyl sites for hydroxylation is 1. The van der Waals surface area contributed by atoms with Gasteiger partial charge >= 0.3 is 0 Å². The normalized spacial score (nSPS) is 18.4. The molecule has 0 atom stereocenters. The summed E-state index contributed by atoms with van der Waals surface area (Å²) in [7, 11) is 2.20. The van der Waals surface area contributed by atoms with Crippen molar-refractivity contribution in [2.45, 2.75) is 13.5 Å². The van der Waals surface area contributed by atoms with Crippen molar-refractivity contribution in [2.75, 3.05) is 46.3 Å². The Bertz CT molecular complexity index is 353. The Labute approximate surface area is 122 Å². The van der Waals surface area contributed by atoms with E-state index in [9.17, 15) is 0 Å². The van der Waals surface area contributed by atoms with Gasteiger partial charge < -0.3 is 10.2 Å². The van der Waals surface area contributed by atoms with Crippen molar-refractivity contribution in [3.05, 3.63) is 20.3 Å². The second-order valence-electron chi connectivity index (χ2n) is 4.94. The average molecular weight is 332 g/mol. The molecular weight excluding hydrogens is 310 g/mol. The van der Waals surface area contributed by atoms with Crippen LogP contribution in [0.25, 0.3) is 0 Å². The molecular formula is C13H22BrN3S. The molecule has 0 saturated carbocycles. The van der Waals surface area contributed by atoms with Crippen molar-refractivity contribution in [2.24, 2.45) is 0 Å². The first-order valence-corrected chi connectivity index (χ1v) is 8.12. The first kappa shape index (κ1) is 14.5. The summed E-state index contributed by atoms with van der Waals surface area (Å²) in [5.74, 6) is 0. The van der Waals surface area contributed by atoms with Crippen LogP contribution in [0.15, 0.2) is 10.5 Å². The zero-order valence-electron chi connectivity index (χ0n) is 11.2. The SMILES string of the molecule is Cc1sc(CNCCN2CCN(C)CC2)cc1Br. The van der Waals surface area contributed by atoms with Crippen molar-refractivity contribution in [3.8, 4) is 0 Å². The van der Waals surface area contributed by atoms with Gasteiger partial charge in [-0.05, 0) is 36.0 Å². The van der Waals surface area contributed by atoms with Crippen LogP contribution in [0.1, 0.15) is 9.75 Å². The molecule has 0 spiro atoms. The fraction of sp³-hybridized carbons (Fsp3) is 0.692. The highest BCUT2D eigenvalue weighted by Crippen LogP contribution is 2.25. The predicted octanol–water partition coefficient (Wildman–Crippen LogP) is 2.16. The summed E-state index contributed by atoms with van der Waals surface area (Å²) in [6, 6.07) is 2.23. The molecule has 102 valence electrons. The van der Waals surface area contributed by atoms with Crippen molar-refractivity contribution < 1.29 is 0 Å². The average Bonchev–Trinajstić information content (AvgIpc) is 2.67. The lowest BCUT2D eigenvalue weighted by Gasteiger charge is -2.32. The topological polar surface area (TPSA) is 18.5 Å². The van der Waals surface area contributed by atoms with Gasteiger partial charge in [0.15, 0.2) is 0 Å². The van der Waals surface area contributed by atoms with Gasteiger partial charge in [0, 0.05) is 60.0 Å². The molecule has 2 heterocycles. The smallest absolute Gasteiger partial charge is 0.0314 e. The lowest BCUT2D eigenvalue weighted by atomic mass is 10.3. The minimum Gasteiger partial charge on any atom is -0.311 e. The van der Waals surface area contributed by atoms with Crippen LogP contribution in [-0.2, 0) is 6.54 Å². The Morgan fingerprint density at radius 2 is 2.06 bits per heavy atom. The van der Waals surface area contributed by atoms with Crippen LogP contribution in [0.4, 0.5) is 0 Å². The number of piperazine rings is 1. The molecule has 1 aromatic heterocycles. The third-order valence-electron chi connectivity index (χ3n) is 3.41. The molecule has 0 bridgehead atoms. The van der Waals surface area contributed by atoms with Gasteiger partial charge in [0.1, 0.15) is 0 Å². The Morgan fingerprint density at radius 1 is 1.33 bits per heavy atom. The van der Waals surface area contributed by atoms with E-state index in [2.05, 4.69) is 51.1 Å². The Hall–Kier alpha value is 0.0600. The van der Waals surface area contributed by atoms with Crippen LogP contribution in [-0.4, -0.2) is 56.1 Å². The number of hydrogen-bond donors (Lipinski definition) is 1. The van der Waals surface area contributed by atoms with Crippen LogP contribution in [0.5, 0.6) is 0 Å². The van der Waals surface area contributed by atoms with Crippen LogP contribution in [0.2, 0.25) is 0 Å². The first-order chi connectivity index (χ1) is 8.65. The van der Waals surface area contributed by atoms with Crippen LogP contribution >= 0.6 is 27.3 Å². The number of rotatable bonds is 5. The molecule has 1 aromatic rings. The molecule has 5 heteroatoms. The third-order valence-corrected chi connectivity index (χ3v) is 5.54. The molecule has 1 N–H and O–H groups in total. The molecule has 0 aliphatic carbocycles. The summed E-state index contributed by atoms with van der Waals surface area (Å²) in [4.78, 5) is 7.72. The maximum atomic E-state index is 3.56. The molecule has 0 amide bonds. The molecule has 2 rings (SSSR count). The second-order valence-corrected chi connectivity index (χ2v) is 7.13. The number of nitrogens with zero attached hydrogens (tertiary/aromatic N) is 2. The quantitative estimate of drug-likeness (QED) is 0.834. The molecule has 3 nitrogen and oxygen atoms in total. The summed E-state index contributed by atoms with van der Waals surface area (Å²) in [5.41, 5.74) is 0. The molecule has 1 aliphatic heterocycles. The number of likely N-dealkylation sites (N-methyl/N-ethyl adjacent to an activating group) is 1. The van der Waals surface area contributed by atoms with Crippen molar-refractivity contribution in [1.29, 1.82) is 0 Å². The molecule has 0 aromatic carbocycles. The van der Waals surface area contributed by atoms with E-state index in [1.807, 2.05) is 11.3 Å². The van der Waals surface area contributed by atoms with Crippen LogP contribution < -0.4 is 5.32 Å². The van der Waals surface area contributed by atoms with Crippen molar-refractivity contribution in [3.63, 3.8) is 0 Å². The van der Waals surface area contributed by atoms with E-state index in [1.54, 1.807) is 0 Å². The summed E-state index contributed by atoms with van der Waals surface area (Å²) in [6.45, 7) is 10.2. The maximum absolute atomic E-state index is 3.56. The standard InChI is InChI=1S/C13H22BrN3S/c1-11-13(14)9-12(18-11)10-15-3-4-17-7-5-16(2)6-8-17/h9,15H,3-8,10H2,1-2H3. The van der Waals surface area contributed by atoms with Gasteiger partial charge in [0.25, 0.3) is 0 Å². The molecule has 1 aliphatic rings. The van der Waals surface area contributed by atoms with Crippen molar-refractivity contribution in [1.82, 2.24) is 15.1 Å². The highest BCUT2D eigenvalue weighted by atomic mass is 79.9. The summed E-state index contributed by atoms with van der Waals surface area (Å²) >= 11 is 5.43. The lowest BCUT2D eigenvalue weighted by molar-refractivity contribution is 0.154. The number of halogens is 1. The zero-order valence-corrected chi connectivity index (χ0v) is 13.6. The zero-order chi connectivity index (χ0) is 13.0.